The minimum atomic E-state index is -1.07. The number of amides is 1. The molecule has 0 aliphatic carbocycles. The predicted octanol–water partition coefficient (Wildman–Crippen LogP) is 2.28. The van der Waals surface area contributed by atoms with Crippen molar-refractivity contribution in [3.63, 3.8) is 0 Å². The molecule has 24 heavy (non-hydrogen) atoms. The Labute approximate surface area is 139 Å². The third kappa shape index (κ3) is 4.20. The van der Waals surface area contributed by atoms with Crippen molar-refractivity contribution in [3.05, 3.63) is 52.7 Å². The molecule has 0 spiro atoms. The molecule has 0 atom stereocenters. The fourth-order valence-electron chi connectivity index (χ4n) is 2.28. The van der Waals surface area contributed by atoms with Gasteiger partial charge in [0.2, 0.25) is 0 Å². The average molecular weight is 332 g/mol. The summed E-state index contributed by atoms with van der Waals surface area (Å²) in [4.78, 5) is 29.5. The van der Waals surface area contributed by atoms with Gasteiger partial charge in [0.15, 0.2) is 0 Å². The molecule has 0 radical (unpaired) electrons. The number of hydrogen-bond donors (Lipinski definition) is 1. The zero-order chi connectivity index (χ0) is 17.7. The van der Waals surface area contributed by atoms with Crippen LogP contribution in [0.4, 0.5) is 0 Å². The zero-order valence-corrected chi connectivity index (χ0v) is 13.9. The van der Waals surface area contributed by atoms with Crippen LogP contribution in [0.5, 0.6) is 0 Å². The first-order valence-corrected chi connectivity index (χ1v) is 7.47. The number of furan rings is 1. The molecule has 2 rings (SSSR count). The Morgan fingerprint density at radius 3 is 2.54 bits per heavy atom. The fraction of sp³-hybridized carbons (Fsp3) is 0.353. The Kier molecular flexibility index (Phi) is 5.70. The molecular weight excluding hydrogens is 312 g/mol. The van der Waals surface area contributed by atoms with E-state index in [9.17, 15) is 9.59 Å². The maximum atomic E-state index is 12.7. The van der Waals surface area contributed by atoms with Crippen molar-refractivity contribution >= 4 is 11.9 Å². The molecule has 128 valence electrons. The van der Waals surface area contributed by atoms with Gasteiger partial charge in [-0.1, -0.05) is 0 Å². The molecule has 0 aliphatic rings. The molecule has 0 saturated carbocycles. The molecule has 7 heteroatoms. The van der Waals surface area contributed by atoms with Crippen LogP contribution in [0.25, 0.3) is 0 Å². The quantitative estimate of drug-likeness (QED) is 0.836. The number of aromatic carboxylic acids is 1. The van der Waals surface area contributed by atoms with Gasteiger partial charge in [-0.15, -0.1) is 0 Å². The Morgan fingerprint density at radius 2 is 2.00 bits per heavy atom. The monoisotopic (exact) mass is 332 g/mol. The highest BCUT2D eigenvalue weighted by atomic mass is 16.5. The van der Waals surface area contributed by atoms with Crippen LogP contribution < -0.4 is 0 Å². The van der Waals surface area contributed by atoms with E-state index in [4.69, 9.17) is 14.3 Å². The van der Waals surface area contributed by atoms with Gasteiger partial charge in [0.25, 0.3) is 5.91 Å². The van der Waals surface area contributed by atoms with E-state index in [1.165, 1.54) is 12.1 Å². The number of carbonyl (C=O) groups excluding carboxylic acids is 1. The van der Waals surface area contributed by atoms with Gasteiger partial charge in [-0.3, -0.25) is 4.79 Å². The number of hydrogen-bond acceptors (Lipinski definition) is 5. The molecule has 2 heterocycles. The fourth-order valence-corrected chi connectivity index (χ4v) is 2.28. The summed E-state index contributed by atoms with van der Waals surface area (Å²) in [5.41, 5.74) is 0.572. The number of carbonyl (C=O) groups is 2. The second kappa shape index (κ2) is 7.74. The van der Waals surface area contributed by atoms with Crippen LogP contribution in [0.2, 0.25) is 0 Å². The maximum Gasteiger partial charge on any atom is 0.337 e. The largest absolute Gasteiger partial charge is 0.478 e. The number of carboxylic acid groups (broad SMARTS) is 1. The van der Waals surface area contributed by atoms with Crippen LogP contribution in [-0.4, -0.2) is 47.1 Å². The van der Waals surface area contributed by atoms with Crippen molar-refractivity contribution in [1.29, 1.82) is 0 Å². The van der Waals surface area contributed by atoms with Gasteiger partial charge in [0.05, 0.1) is 24.4 Å². The predicted molar refractivity (Wildman–Crippen MR) is 86.0 cm³/mol. The number of aromatic nitrogens is 1. The molecule has 1 N–H and O–H groups in total. The van der Waals surface area contributed by atoms with Crippen molar-refractivity contribution in [3.8, 4) is 0 Å². The summed E-state index contributed by atoms with van der Waals surface area (Å²) < 4.78 is 10.6. The van der Waals surface area contributed by atoms with Crippen LogP contribution >= 0.6 is 0 Å². The Balaban J connectivity index is 2.23. The number of pyridine rings is 1. The van der Waals surface area contributed by atoms with E-state index in [0.29, 0.717) is 24.6 Å². The number of methoxy groups -OCH3 is 1. The smallest absolute Gasteiger partial charge is 0.337 e. The van der Waals surface area contributed by atoms with Crippen molar-refractivity contribution < 1.29 is 23.8 Å². The van der Waals surface area contributed by atoms with Crippen molar-refractivity contribution in [2.45, 2.75) is 20.4 Å². The number of nitrogens with zero attached hydrogens (tertiary/aromatic N) is 2. The molecule has 1 amide bonds. The summed E-state index contributed by atoms with van der Waals surface area (Å²) in [7, 11) is 1.56. The second-order valence-corrected chi connectivity index (χ2v) is 5.37. The molecule has 7 nitrogen and oxygen atoms in total. The molecule has 0 fully saturated rings. The van der Waals surface area contributed by atoms with Gasteiger partial charge in [-0.2, -0.15) is 0 Å². The number of aryl methyl sites for hydroxylation is 2. The van der Waals surface area contributed by atoms with E-state index in [1.807, 2.05) is 19.1 Å². The van der Waals surface area contributed by atoms with E-state index in [2.05, 4.69) is 4.98 Å². The summed E-state index contributed by atoms with van der Waals surface area (Å²) in [6.45, 7) is 4.43. The highest BCUT2D eigenvalue weighted by Gasteiger charge is 2.20. The molecular formula is C17H20N2O5. The molecule has 0 saturated heterocycles. The van der Waals surface area contributed by atoms with E-state index in [1.54, 1.807) is 18.9 Å². The second-order valence-electron chi connectivity index (χ2n) is 5.37. The highest BCUT2D eigenvalue weighted by Crippen LogP contribution is 2.14. The van der Waals surface area contributed by atoms with Crippen LogP contribution in [0.3, 0.4) is 0 Å². The van der Waals surface area contributed by atoms with Crippen LogP contribution in [0.1, 0.15) is 38.1 Å². The topological polar surface area (TPSA) is 92.9 Å². The van der Waals surface area contributed by atoms with Crippen molar-refractivity contribution in [2.75, 3.05) is 20.3 Å². The van der Waals surface area contributed by atoms with Crippen LogP contribution in [-0.2, 0) is 11.3 Å². The molecule has 0 bridgehead atoms. The van der Waals surface area contributed by atoms with Crippen molar-refractivity contribution in [2.24, 2.45) is 0 Å². The van der Waals surface area contributed by atoms with E-state index in [0.717, 1.165) is 5.76 Å². The molecule has 2 aromatic heterocycles. The highest BCUT2D eigenvalue weighted by molar-refractivity contribution is 5.94. The summed E-state index contributed by atoms with van der Waals surface area (Å²) in [6.07, 6.45) is 0. The molecule has 0 unspecified atom stereocenters. The number of carboxylic acids is 1. The van der Waals surface area contributed by atoms with E-state index < -0.39 is 5.97 Å². The van der Waals surface area contributed by atoms with Gasteiger partial charge < -0.3 is 19.2 Å². The summed E-state index contributed by atoms with van der Waals surface area (Å²) in [5.74, 6) is 0.0576. The van der Waals surface area contributed by atoms with E-state index in [-0.39, 0.29) is 23.7 Å². The van der Waals surface area contributed by atoms with Gasteiger partial charge in [0, 0.05) is 13.7 Å². The first kappa shape index (κ1) is 17.7. The summed E-state index contributed by atoms with van der Waals surface area (Å²) in [5, 5.41) is 9.05. The lowest BCUT2D eigenvalue weighted by Crippen LogP contribution is -2.34. The standard InChI is InChI=1S/C17H20N2O5/c1-11-4-5-13(24-11)10-19(8-9-23-3)16(20)15-7-6-14(17(21)22)12(2)18-15/h4-7H,8-10H2,1-3H3,(H,21,22). The third-order valence-corrected chi connectivity index (χ3v) is 3.53. The molecule has 2 aromatic rings. The minimum absolute atomic E-state index is 0.0802. The normalized spacial score (nSPS) is 10.6. The van der Waals surface area contributed by atoms with Crippen LogP contribution in [0.15, 0.2) is 28.7 Å². The first-order valence-electron chi connectivity index (χ1n) is 7.47. The number of rotatable bonds is 7. The van der Waals surface area contributed by atoms with Gasteiger partial charge >= 0.3 is 5.97 Å². The van der Waals surface area contributed by atoms with Gasteiger partial charge in [0.1, 0.15) is 17.2 Å². The van der Waals surface area contributed by atoms with Gasteiger partial charge in [-0.25, -0.2) is 9.78 Å². The molecule has 0 aliphatic heterocycles. The Bertz CT molecular complexity index is 738. The maximum absolute atomic E-state index is 12.7. The average Bonchev–Trinajstić information content (AvgIpc) is 2.95. The Hall–Kier alpha value is -2.67. The van der Waals surface area contributed by atoms with E-state index >= 15 is 0 Å². The van der Waals surface area contributed by atoms with Crippen LogP contribution in [0, 0.1) is 13.8 Å². The third-order valence-electron chi connectivity index (χ3n) is 3.53. The lowest BCUT2D eigenvalue weighted by Gasteiger charge is -2.21. The zero-order valence-electron chi connectivity index (χ0n) is 13.9. The summed E-state index contributed by atoms with van der Waals surface area (Å²) in [6, 6.07) is 6.46. The first-order chi connectivity index (χ1) is 11.4. The molecule has 0 aromatic carbocycles. The lowest BCUT2D eigenvalue weighted by atomic mass is 10.1. The minimum Gasteiger partial charge on any atom is -0.478 e. The Morgan fingerprint density at radius 1 is 1.25 bits per heavy atom. The SMILES string of the molecule is COCCN(Cc1ccc(C)o1)C(=O)c1ccc(C(=O)O)c(C)n1. The summed E-state index contributed by atoms with van der Waals surface area (Å²) >= 11 is 0. The van der Waals surface area contributed by atoms with Crippen molar-refractivity contribution in [1.82, 2.24) is 9.88 Å². The number of ether oxygens (including phenoxy) is 1. The van der Waals surface area contributed by atoms with Gasteiger partial charge in [-0.05, 0) is 38.1 Å². The lowest BCUT2D eigenvalue weighted by molar-refractivity contribution is 0.0655.